The number of aromatic nitrogens is 1. The fourth-order valence-electron chi connectivity index (χ4n) is 2.72. The van der Waals surface area contributed by atoms with Crippen LogP contribution < -0.4 is 10.6 Å². The molecule has 1 aliphatic rings. The molecule has 0 saturated carbocycles. The Labute approximate surface area is 151 Å². The van der Waals surface area contributed by atoms with Crippen LogP contribution in [-0.2, 0) is 17.8 Å². The number of fused-ring (bicyclic) bond motifs is 1. The monoisotopic (exact) mass is 358 g/mol. The van der Waals surface area contributed by atoms with E-state index in [1.54, 1.807) is 31.2 Å². The number of anilines is 1. The average molecular weight is 358 g/mol. The standard InChI is InChI=1S/C18H22N4O2S/c1-3-22-10-9-14-15(11-22)25-18(20-14)21-16(23)12(2)19-17(24)13-7-5-4-6-8-13/h4-8,12H,3,9-11H2,1-2H3,(H,19,24)(H,20,21,23). The zero-order valence-corrected chi connectivity index (χ0v) is 15.2. The lowest BCUT2D eigenvalue weighted by atomic mass is 10.2. The molecule has 2 heterocycles. The Morgan fingerprint density at radius 2 is 2.08 bits per heavy atom. The number of carbonyl (C=O) groups excluding carboxylic acids is 2. The number of likely N-dealkylation sites (N-methyl/N-ethyl adjacent to an activating group) is 1. The van der Waals surface area contributed by atoms with Gasteiger partial charge in [-0.05, 0) is 25.6 Å². The third-order valence-corrected chi connectivity index (χ3v) is 5.26. The lowest BCUT2D eigenvalue weighted by Gasteiger charge is -2.23. The van der Waals surface area contributed by atoms with Gasteiger partial charge >= 0.3 is 0 Å². The molecular formula is C18H22N4O2S. The van der Waals surface area contributed by atoms with Gasteiger partial charge in [0.15, 0.2) is 5.13 Å². The van der Waals surface area contributed by atoms with Crippen molar-refractivity contribution in [2.75, 3.05) is 18.4 Å². The van der Waals surface area contributed by atoms with Crippen molar-refractivity contribution in [3.8, 4) is 0 Å². The van der Waals surface area contributed by atoms with Crippen molar-refractivity contribution in [1.29, 1.82) is 0 Å². The average Bonchev–Trinajstić information content (AvgIpc) is 3.03. The number of amides is 2. The SMILES string of the molecule is CCN1CCc2nc(NC(=O)C(C)NC(=O)c3ccccc3)sc2C1. The van der Waals surface area contributed by atoms with E-state index in [2.05, 4.69) is 27.4 Å². The number of rotatable bonds is 5. The second kappa shape index (κ2) is 7.76. The smallest absolute Gasteiger partial charge is 0.251 e. The molecule has 25 heavy (non-hydrogen) atoms. The molecule has 1 aromatic heterocycles. The Morgan fingerprint density at radius 1 is 1.32 bits per heavy atom. The van der Waals surface area contributed by atoms with Crippen molar-refractivity contribution in [3.63, 3.8) is 0 Å². The molecule has 7 heteroatoms. The number of hydrogen-bond acceptors (Lipinski definition) is 5. The van der Waals surface area contributed by atoms with Crippen molar-refractivity contribution in [3.05, 3.63) is 46.5 Å². The fraction of sp³-hybridized carbons (Fsp3) is 0.389. The topological polar surface area (TPSA) is 74.3 Å². The Balaban J connectivity index is 1.59. The highest BCUT2D eigenvalue weighted by Crippen LogP contribution is 2.28. The fourth-order valence-corrected chi connectivity index (χ4v) is 3.77. The van der Waals surface area contributed by atoms with E-state index in [9.17, 15) is 9.59 Å². The van der Waals surface area contributed by atoms with Crippen LogP contribution in [-0.4, -0.2) is 40.8 Å². The van der Waals surface area contributed by atoms with Crippen LogP contribution in [0.5, 0.6) is 0 Å². The molecular weight excluding hydrogens is 336 g/mol. The maximum Gasteiger partial charge on any atom is 0.251 e. The quantitative estimate of drug-likeness (QED) is 0.860. The number of hydrogen-bond donors (Lipinski definition) is 2. The molecule has 1 atom stereocenters. The largest absolute Gasteiger partial charge is 0.341 e. The van der Waals surface area contributed by atoms with E-state index in [-0.39, 0.29) is 11.8 Å². The molecule has 1 unspecified atom stereocenters. The van der Waals surface area contributed by atoms with Crippen LogP contribution in [0.4, 0.5) is 5.13 Å². The van der Waals surface area contributed by atoms with Crippen molar-refractivity contribution < 1.29 is 9.59 Å². The van der Waals surface area contributed by atoms with Gasteiger partial charge in [0.2, 0.25) is 5.91 Å². The maximum atomic E-state index is 12.3. The third kappa shape index (κ3) is 4.24. The second-order valence-electron chi connectivity index (χ2n) is 6.06. The normalized spacial score (nSPS) is 15.3. The molecule has 6 nitrogen and oxygen atoms in total. The van der Waals surface area contributed by atoms with E-state index >= 15 is 0 Å². The van der Waals surface area contributed by atoms with Crippen LogP contribution in [0.3, 0.4) is 0 Å². The van der Waals surface area contributed by atoms with E-state index < -0.39 is 6.04 Å². The minimum absolute atomic E-state index is 0.261. The highest BCUT2D eigenvalue weighted by atomic mass is 32.1. The molecule has 0 spiro atoms. The number of benzene rings is 1. The van der Waals surface area contributed by atoms with Crippen molar-refractivity contribution in [2.45, 2.75) is 32.9 Å². The predicted octanol–water partition coefficient (Wildman–Crippen LogP) is 2.28. The predicted molar refractivity (Wildman–Crippen MR) is 98.8 cm³/mol. The maximum absolute atomic E-state index is 12.3. The van der Waals surface area contributed by atoms with Crippen LogP contribution in [0, 0.1) is 0 Å². The van der Waals surface area contributed by atoms with Gasteiger partial charge in [-0.3, -0.25) is 14.5 Å². The molecule has 1 aromatic carbocycles. The van der Waals surface area contributed by atoms with Crippen LogP contribution >= 0.6 is 11.3 Å². The first-order valence-electron chi connectivity index (χ1n) is 8.44. The zero-order valence-electron chi connectivity index (χ0n) is 14.4. The number of nitrogens with zero attached hydrogens (tertiary/aromatic N) is 2. The summed E-state index contributed by atoms with van der Waals surface area (Å²) in [7, 11) is 0. The van der Waals surface area contributed by atoms with Gasteiger partial charge in [-0.1, -0.05) is 25.1 Å². The van der Waals surface area contributed by atoms with Gasteiger partial charge in [0.05, 0.1) is 5.69 Å². The summed E-state index contributed by atoms with van der Waals surface area (Å²) in [6, 6.07) is 8.22. The van der Waals surface area contributed by atoms with E-state index in [4.69, 9.17) is 0 Å². The number of thiazole rings is 1. The molecule has 0 fully saturated rings. The van der Waals surface area contributed by atoms with Crippen LogP contribution in [0.1, 0.15) is 34.8 Å². The summed E-state index contributed by atoms with van der Waals surface area (Å²) in [6.07, 6.45) is 0.913. The van der Waals surface area contributed by atoms with E-state index in [1.165, 1.54) is 16.2 Å². The minimum Gasteiger partial charge on any atom is -0.341 e. The first-order chi connectivity index (χ1) is 12.1. The van der Waals surface area contributed by atoms with E-state index in [0.717, 1.165) is 31.7 Å². The second-order valence-corrected chi connectivity index (χ2v) is 7.14. The van der Waals surface area contributed by atoms with Crippen molar-refractivity contribution in [1.82, 2.24) is 15.2 Å². The third-order valence-electron chi connectivity index (χ3n) is 4.26. The van der Waals surface area contributed by atoms with Crippen LogP contribution in [0.15, 0.2) is 30.3 Å². The summed E-state index contributed by atoms with van der Waals surface area (Å²) in [5.74, 6) is -0.525. The Morgan fingerprint density at radius 3 is 2.80 bits per heavy atom. The lowest BCUT2D eigenvalue weighted by molar-refractivity contribution is -0.117. The molecule has 2 aromatic rings. The molecule has 2 N–H and O–H groups in total. The summed E-state index contributed by atoms with van der Waals surface area (Å²) >= 11 is 1.52. The van der Waals surface area contributed by atoms with Gasteiger partial charge in [0.1, 0.15) is 6.04 Å². The number of carbonyl (C=O) groups is 2. The summed E-state index contributed by atoms with van der Waals surface area (Å²) in [5.41, 5.74) is 1.61. The summed E-state index contributed by atoms with van der Waals surface area (Å²) in [6.45, 7) is 6.72. The van der Waals surface area contributed by atoms with Gasteiger partial charge < -0.3 is 10.6 Å². The lowest BCUT2D eigenvalue weighted by Crippen LogP contribution is -2.41. The highest BCUT2D eigenvalue weighted by molar-refractivity contribution is 7.15. The molecule has 132 valence electrons. The van der Waals surface area contributed by atoms with Crippen molar-refractivity contribution in [2.24, 2.45) is 0 Å². The Bertz CT molecular complexity index is 760. The van der Waals surface area contributed by atoms with E-state index in [1.807, 2.05) is 6.07 Å². The summed E-state index contributed by atoms with van der Waals surface area (Å²) in [5, 5.41) is 6.14. The van der Waals surface area contributed by atoms with E-state index in [0.29, 0.717) is 10.7 Å². The van der Waals surface area contributed by atoms with Crippen LogP contribution in [0.25, 0.3) is 0 Å². The van der Waals surface area contributed by atoms with Gasteiger partial charge in [0, 0.05) is 30.0 Å². The zero-order chi connectivity index (χ0) is 17.8. The molecule has 1 aliphatic heterocycles. The Hall–Kier alpha value is -2.25. The molecule has 2 amide bonds. The Kier molecular flexibility index (Phi) is 5.45. The van der Waals surface area contributed by atoms with Crippen molar-refractivity contribution >= 4 is 28.3 Å². The first kappa shape index (κ1) is 17.6. The number of nitrogens with one attached hydrogen (secondary N) is 2. The van der Waals surface area contributed by atoms with Gasteiger partial charge in [-0.25, -0.2) is 4.98 Å². The van der Waals surface area contributed by atoms with Gasteiger partial charge in [-0.15, -0.1) is 11.3 Å². The van der Waals surface area contributed by atoms with Gasteiger partial charge in [-0.2, -0.15) is 0 Å². The minimum atomic E-state index is -0.638. The van der Waals surface area contributed by atoms with Crippen LogP contribution in [0.2, 0.25) is 0 Å². The molecule has 0 saturated heterocycles. The molecule has 3 rings (SSSR count). The highest BCUT2D eigenvalue weighted by Gasteiger charge is 2.22. The summed E-state index contributed by atoms with van der Waals surface area (Å²) in [4.78, 5) is 32.6. The molecule has 0 aliphatic carbocycles. The molecule has 0 radical (unpaired) electrons. The summed E-state index contributed by atoms with van der Waals surface area (Å²) < 4.78 is 0. The first-order valence-corrected chi connectivity index (χ1v) is 9.26. The molecule has 0 bridgehead atoms. The van der Waals surface area contributed by atoms with Gasteiger partial charge in [0.25, 0.3) is 5.91 Å².